The Morgan fingerprint density at radius 3 is 0.482 bits per heavy atom. The predicted molar refractivity (Wildman–Crippen MR) is 207 cm³/mol. The van der Waals surface area contributed by atoms with Crippen molar-refractivity contribution in [3.63, 3.8) is 0 Å². The van der Waals surface area contributed by atoms with Crippen molar-refractivity contribution in [3.8, 4) is 0 Å². The Balaban J connectivity index is 0.000000129. The Morgan fingerprint density at radius 2 is 0.393 bits per heavy atom. The molecular weight excluding hydrogens is 720 g/mol. The molecule has 8 heterocycles. The molecule has 0 spiro atoms. The van der Waals surface area contributed by atoms with Crippen molar-refractivity contribution in [3.05, 3.63) is 144 Å². The molecule has 8 aliphatic rings. The van der Waals surface area contributed by atoms with Gasteiger partial charge in [0.15, 0.2) is 0 Å². The quantitative estimate of drug-likeness (QED) is 0.237. The number of rotatable bonds is 4. The standard InChI is InChI=1S/4C7H6O2.2C6H12N4/c4*8-7(9)6-4-2-1-3-5-6;2*1-7-2-9-4-8(1)5-10(3-7)6-9/h4*1-5H,(H,8,9);2*1-6H2. The summed E-state index contributed by atoms with van der Waals surface area (Å²) in [5.74, 6) is -3.52. The van der Waals surface area contributed by atoms with E-state index in [4.69, 9.17) is 20.4 Å². The first-order chi connectivity index (χ1) is 27.0. The highest BCUT2D eigenvalue weighted by Crippen LogP contribution is 2.21. The fraction of sp³-hybridized carbons (Fsp3) is 0.300. The maximum absolute atomic E-state index is 10.2. The molecule has 16 nitrogen and oxygen atoms in total. The Labute approximate surface area is 325 Å². The minimum Gasteiger partial charge on any atom is -0.478 e. The van der Waals surface area contributed by atoms with Gasteiger partial charge in [0.2, 0.25) is 0 Å². The number of benzene rings is 4. The smallest absolute Gasteiger partial charge is 0.335 e. The van der Waals surface area contributed by atoms with Crippen LogP contribution in [0.1, 0.15) is 41.4 Å². The average molecular weight is 769 g/mol. The highest BCUT2D eigenvalue weighted by molar-refractivity contribution is 5.88. The lowest BCUT2D eigenvalue weighted by molar-refractivity contribution is -0.194. The normalized spacial score (nSPS) is 26.3. The van der Waals surface area contributed by atoms with Gasteiger partial charge in [-0.1, -0.05) is 72.8 Å². The van der Waals surface area contributed by atoms with Crippen LogP contribution in [0, 0.1) is 0 Å². The number of hydrogen-bond acceptors (Lipinski definition) is 12. The van der Waals surface area contributed by atoms with E-state index >= 15 is 0 Å². The van der Waals surface area contributed by atoms with Crippen LogP contribution in [-0.4, -0.2) is 164 Å². The Kier molecular flexibility index (Phi) is 15.6. The number of hydrogen-bond donors (Lipinski definition) is 4. The minimum absolute atomic E-state index is 0.331. The SMILES string of the molecule is C1N2CN3CN1CN(C2)C3.C1N2CN3CN1CN(C2)C3.O=C(O)c1ccccc1.O=C(O)c1ccccc1.O=C(O)c1ccccc1.O=C(O)c1ccccc1. The first-order valence-corrected chi connectivity index (χ1v) is 17.9. The van der Waals surface area contributed by atoms with Crippen LogP contribution in [0.5, 0.6) is 0 Å². The molecule has 8 saturated heterocycles. The maximum atomic E-state index is 10.2. The van der Waals surface area contributed by atoms with Gasteiger partial charge in [0.1, 0.15) is 0 Å². The summed E-state index contributed by atoms with van der Waals surface area (Å²) >= 11 is 0. The molecule has 8 aliphatic heterocycles. The summed E-state index contributed by atoms with van der Waals surface area (Å²) < 4.78 is 0. The lowest BCUT2D eigenvalue weighted by atomic mass is 10.2. The zero-order valence-electron chi connectivity index (χ0n) is 31.0. The van der Waals surface area contributed by atoms with Crippen molar-refractivity contribution in [2.45, 2.75) is 0 Å². The van der Waals surface area contributed by atoms with Gasteiger partial charge >= 0.3 is 23.9 Å². The molecule has 0 atom stereocenters. The molecule has 12 rings (SSSR count). The first kappa shape index (κ1) is 41.6. The van der Waals surface area contributed by atoms with Crippen LogP contribution < -0.4 is 0 Å². The molecule has 0 aliphatic carbocycles. The fourth-order valence-corrected chi connectivity index (χ4v) is 6.79. The summed E-state index contributed by atoms with van der Waals surface area (Å²) in [7, 11) is 0. The largest absolute Gasteiger partial charge is 0.478 e. The number of carboxylic acid groups (broad SMARTS) is 4. The monoisotopic (exact) mass is 768 g/mol. The molecule has 56 heavy (non-hydrogen) atoms. The summed E-state index contributed by atoms with van der Waals surface area (Å²) in [4.78, 5) is 60.6. The maximum Gasteiger partial charge on any atom is 0.335 e. The summed E-state index contributed by atoms with van der Waals surface area (Å²) in [5, 5.41) is 33.5. The number of carbonyl (C=O) groups is 4. The van der Waals surface area contributed by atoms with Crippen molar-refractivity contribution in [1.82, 2.24) is 39.2 Å². The molecule has 0 saturated carbocycles. The molecule has 0 unspecified atom stereocenters. The van der Waals surface area contributed by atoms with Gasteiger partial charge in [-0.25, -0.2) is 19.2 Å². The van der Waals surface area contributed by atoms with E-state index in [1.165, 1.54) is 80.0 Å². The zero-order valence-corrected chi connectivity index (χ0v) is 31.0. The van der Waals surface area contributed by atoms with Gasteiger partial charge in [0.05, 0.1) is 102 Å². The summed E-state index contributed by atoms with van der Waals surface area (Å²) in [6, 6.07) is 33.2. The molecule has 0 amide bonds. The van der Waals surface area contributed by atoms with Crippen LogP contribution in [0.3, 0.4) is 0 Å². The van der Waals surface area contributed by atoms with Gasteiger partial charge in [-0.3, -0.25) is 39.2 Å². The van der Waals surface area contributed by atoms with Gasteiger partial charge in [-0.05, 0) is 48.5 Å². The van der Waals surface area contributed by atoms with Gasteiger partial charge in [0, 0.05) is 0 Å². The van der Waals surface area contributed by atoms with Gasteiger partial charge in [0.25, 0.3) is 0 Å². The van der Waals surface area contributed by atoms with Crippen LogP contribution in [0.15, 0.2) is 121 Å². The van der Waals surface area contributed by atoms with E-state index in [0.29, 0.717) is 22.3 Å². The van der Waals surface area contributed by atoms with E-state index in [9.17, 15) is 19.2 Å². The molecule has 4 aromatic carbocycles. The van der Waals surface area contributed by atoms with Crippen molar-refractivity contribution in [1.29, 1.82) is 0 Å². The molecular formula is C40H48N8O8. The third-order valence-corrected chi connectivity index (χ3v) is 8.88. The third-order valence-electron chi connectivity index (χ3n) is 8.88. The second kappa shape index (κ2) is 20.9. The van der Waals surface area contributed by atoms with Crippen LogP contribution >= 0.6 is 0 Å². The highest BCUT2D eigenvalue weighted by atomic mass is 16.4. The number of nitrogens with zero attached hydrogens (tertiary/aromatic N) is 8. The Morgan fingerprint density at radius 1 is 0.268 bits per heavy atom. The van der Waals surface area contributed by atoms with Crippen molar-refractivity contribution >= 4 is 23.9 Å². The average Bonchev–Trinajstić information content (AvgIpc) is 3.19. The third kappa shape index (κ3) is 13.3. The molecule has 8 bridgehead atoms. The van der Waals surface area contributed by atoms with Crippen molar-refractivity contribution in [2.24, 2.45) is 0 Å². The summed E-state index contributed by atoms with van der Waals surface area (Å²) in [6.45, 7) is 14.2. The van der Waals surface area contributed by atoms with E-state index in [1.54, 1.807) is 121 Å². The van der Waals surface area contributed by atoms with E-state index < -0.39 is 23.9 Å². The van der Waals surface area contributed by atoms with Crippen molar-refractivity contribution < 1.29 is 39.6 Å². The highest BCUT2D eigenvalue weighted by Gasteiger charge is 2.37. The first-order valence-electron chi connectivity index (χ1n) is 17.9. The molecule has 4 aromatic rings. The fourth-order valence-electron chi connectivity index (χ4n) is 6.79. The summed E-state index contributed by atoms with van der Waals surface area (Å²) in [6.07, 6.45) is 0. The van der Waals surface area contributed by atoms with Crippen LogP contribution in [0.4, 0.5) is 0 Å². The number of carboxylic acids is 4. The molecule has 16 heteroatoms. The lowest BCUT2D eigenvalue weighted by Gasteiger charge is -2.56. The van der Waals surface area contributed by atoms with E-state index in [0.717, 1.165) is 0 Å². The zero-order chi connectivity index (χ0) is 39.9. The van der Waals surface area contributed by atoms with E-state index in [2.05, 4.69) is 39.2 Å². The number of aromatic carboxylic acids is 4. The molecule has 0 radical (unpaired) electrons. The lowest BCUT2D eigenvalue weighted by Crippen LogP contribution is -2.71. The van der Waals surface area contributed by atoms with Crippen LogP contribution in [0.2, 0.25) is 0 Å². The van der Waals surface area contributed by atoms with Crippen molar-refractivity contribution in [2.75, 3.05) is 80.0 Å². The minimum atomic E-state index is -0.879. The van der Waals surface area contributed by atoms with E-state index in [-0.39, 0.29) is 0 Å². The predicted octanol–water partition coefficient (Wildman–Crippen LogP) is 3.50. The van der Waals surface area contributed by atoms with Gasteiger partial charge in [-0.15, -0.1) is 0 Å². The molecule has 0 aromatic heterocycles. The second-order valence-electron chi connectivity index (χ2n) is 13.7. The van der Waals surface area contributed by atoms with Gasteiger partial charge < -0.3 is 20.4 Å². The second-order valence-corrected chi connectivity index (χ2v) is 13.7. The van der Waals surface area contributed by atoms with Crippen LogP contribution in [-0.2, 0) is 0 Å². The summed E-state index contributed by atoms with van der Waals surface area (Å²) in [5.41, 5.74) is 1.32. The van der Waals surface area contributed by atoms with E-state index in [1.807, 2.05) is 0 Å². The molecule has 296 valence electrons. The Hall–Kier alpha value is -5.56. The van der Waals surface area contributed by atoms with Crippen LogP contribution in [0.25, 0.3) is 0 Å². The Bertz CT molecular complexity index is 1490. The molecule has 4 N–H and O–H groups in total. The van der Waals surface area contributed by atoms with Gasteiger partial charge in [-0.2, -0.15) is 0 Å². The topological polar surface area (TPSA) is 175 Å². The molecule has 8 fully saturated rings.